The quantitative estimate of drug-likeness (QED) is 0.466. The van der Waals surface area contributed by atoms with Crippen LogP contribution in [0.1, 0.15) is 26.2 Å². The van der Waals surface area contributed by atoms with E-state index in [1.165, 1.54) is 19.3 Å². The summed E-state index contributed by atoms with van der Waals surface area (Å²) in [6, 6.07) is 1.86. The van der Waals surface area contributed by atoms with Crippen molar-refractivity contribution in [2.24, 2.45) is 5.10 Å². The van der Waals surface area contributed by atoms with Crippen LogP contribution in [0, 0.1) is 11.3 Å². The number of rotatable bonds is 2. The summed E-state index contributed by atoms with van der Waals surface area (Å²) in [5.41, 5.74) is 3.10. The molecule has 106 valence electrons. The van der Waals surface area contributed by atoms with E-state index >= 15 is 0 Å². The van der Waals surface area contributed by atoms with E-state index in [1.807, 2.05) is 12.1 Å². The molecule has 0 aliphatic carbocycles. The summed E-state index contributed by atoms with van der Waals surface area (Å²) in [5.74, 6) is 0.216. The highest BCUT2D eigenvalue weighted by atomic mass is 16.5. The number of allylic oxidation sites excluding steroid dienone is 1. The molecule has 0 radical (unpaired) electrons. The molecule has 0 aromatic rings. The van der Waals surface area contributed by atoms with Crippen LogP contribution in [0.25, 0.3) is 0 Å². The molecule has 2 heterocycles. The SMILES string of the molecule is CCOC(=O)/C(C#N)=C1/C=CC(N2CCCCC2)=NN1. The van der Waals surface area contributed by atoms with Gasteiger partial charge in [-0.1, -0.05) is 0 Å². The van der Waals surface area contributed by atoms with E-state index in [2.05, 4.69) is 15.4 Å². The van der Waals surface area contributed by atoms with E-state index in [4.69, 9.17) is 10.00 Å². The maximum Gasteiger partial charge on any atom is 0.351 e. The van der Waals surface area contributed by atoms with Crippen molar-refractivity contribution >= 4 is 11.8 Å². The number of esters is 1. The van der Waals surface area contributed by atoms with Gasteiger partial charge in [-0.05, 0) is 38.3 Å². The Morgan fingerprint density at radius 2 is 2.20 bits per heavy atom. The normalized spacial score (nSPS) is 20.6. The number of nitrogens with zero attached hydrogens (tertiary/aromatic N) is 3. The molecule has 1 saturated heterocycles. The second-order valence-corrected chi connectivity index (χ2v) is 4.58. The van der Waals surface area contributed by atoms with E-state index in [0.29, 0.717) is 5.70 Å². The van der Waals surface area contributed by atoms with Crippen LogP contribution in [0.4, 0.5) is 0 Å². The van der Waals surface area contributed by atoms with Crippen LogP contribution in [-0.4, -0.2) is 36.4 Å². The molecular weight excluding hydrogens is 256 g/mol. The van der Waals surface area contributed by atoms with Crippen LogP contribution in [0.2, 0.25) is 0 Å². The lowest BCUT2D eigenvalue weighted by molar-refractivity contribution is -0.138. The second-order valence-electron chi connectivity index (χ2n) is 4.58. The largest absolute Gasteiger partial charge is 0.462 e. The molecule has 0 amide bonds. The number of ether oxygens (including phenoxy) is 1. The Bertz CT molecular complexity index is 508. The zero-order valence-corrected chi connectivity index (χ0v) is 11.6. The fraction of sp³-hybridized carbons (Fsp3) is 0.500. The van der Waals surface area contributed by atoms with Crippen molar-refractivity contribution in [2.75, 3.05) is 19.7 Å². The van der Waals surface area contributed by atoms with E-state index in [-0.39, 0.29) is 12.2 Å². The van der Waals surface area contributed by atoms with E-state index < -0.39 is 5.97 Å². The molecule has 1 fully saturated rings. The monoisotopic (exact) mass is 274 g/mol. The molecule has 2 rings (SSSR count). The number of likely N-dealkylation sites (tertiary alicyclic amines) is 1. The molecule has 0 saturated carbocycles. The highest BCUT2D eigenvalue weighted by Crippen LogP contribution is 2.14. The summed E-state index contributed by atoms with van der Waals surface area (Å²) in [7, 11) is 0. The van der Waals surface area contributed by atoms with Crippen LogP contribution < -0.4 is 5.43 Å². The minimum Gasteiger partial charge on any atom is -0.462 e. The number of carbonyl (C=O) groups is 1. The Balaban J connectivity index is 2.09. The van der Waals surface area contributed by atoms with Crippen molar-refractivity contribution in [1.82, 2.24) is 10.3 Å². The Morgan fingerprint density at radius 1 is 1.45 bits per heavy atom. The first-order valence-corrected chi connectivity index (χ1v) is 6.84. The maximum absolute atomic E-state index is 11.6. The molecule has 6 heteroatoms. The molecule has 2 aliphatic rings. The first-order valence-electron chi connectivity index (χ1n) is 6.84. The van der Waals surface area contributed by atoms with Gasteiger partial charge in [-0.15, -0.1) is 0 Å². The average Bonchev–Trinajstić information content (AvgIpc) is 2.50. The van der Waals surface area contributed by atoms with Gasteiger partial charge in [0.1, 0.15) is 11.9 Å². The zero-order valence-electron chi connectivity index (χ0n) is 11.6. The first kappa shape index (κ1) is 14.1. The fourth-order valence-electron chi connectivity index (χ4n) is 2.21. The van der Waals surface area contributed by atoms with Gasteiger partial charge in [0, 0.05) is 13.1 Å². The molecular formula is C14H18N4O2. The van der Waals surface area contributed by atoms with Crippen LogP contribution >= 0.6 is 0 Å². The van der Waals surface area contributed by atoms with Gasteiger partial charge >= 0.3 is 5.97 Å². The minimum atomic E-state index is -0.626. The second kappa shape index (κ2) is 6.75. The summed E-state index contributed by atoms with van der Waals surface area (Å²) in [5, 5.41) is 13.3. The van der Waals surface area contributed by atoms with Gasteiger partial charge in [-0.2, -0.15) is 10.4 Å². The Morgan fingerprint density at radius 3 is 2.75 bits per heavy atom. The molecule has 1 N–H and O–H groups in total. The van der Waals surface area contributed by atoms with E-state index in [1.54, 1.807) is 13.0 Å². The third kappa shape index (κ3) is 3.18. The van der Waals surface area contributed by atoms with E-state index in [0.717, 1.165) is 18.9 Å². The summed E-state index contributed by atoms with van der Waals surface area (Å²) in [6.07, 6.45) is 7.12. The van der Waals surface area contributed by atoms with Gasteiger partial charge in [0.15, 0.2) is 5.57 Å². The molecule has 0 atom stereocenters. The number of nitrogens with one attached hydrogen (secondary N) is 1. The standard InChI is InChI=1S/C14H18N4O2/c1-2-20-14(19)11(10-15)12-6-7-13(17-16-12)18-8-4-3-5-9-18/h6-7,16H,2-5,8-9H2,1H3/b12-11-. The average molecular weight is 274 g/mol. The summed E-state index contributed by atoms with van der Waals surface area (Å²) < 4.78 is 4.84. The van der Waals surface area contributed by atoms with Crippen LogP contribution in [0.15, 0.2) is 28.5 Å². The highest BCUT2D eigenvalue weighted by molar-refractivity contribution is 5.97. The number of hydrogen-bond donors (Lipinski definition) is 1. The summed E-state index contributed by atoms with van der Waals surface area (Å²) >= 11 is 0. The minimum absolute atomic E-state index is 0.0513. The number of amidine groups is 1. The maximum atomic E-state index is 11.6. The molecule has 0 aromatic heterocycles. The predicted molar refractivity (Wildman–Crippen MR) is 74.4 cm³/mol. The lowest BCUT2D eigenvalue weighted by Gasteiger charge is -2.29. The van der Waals surface area contributed by atoms with Crippen molar-refractivity contribution in [2.45, 2.75) is 26.2 Å². The Hall–Kier alpha value is -2.29. The predicted octanol–water partition coefficient (Wildman–Crippen LogP) is 1.29. The molecule has 0 bridgehead atoms. The molecule has 20 heavy (non-hydrogen) atoms. The van der Waals surface area contributed by atoms with Crippen LogP contribution in [-0.2, 0) is 9.53 Å². The number of carbonyl (C=O) groups excluding carboxylic acids is 1. The van der Waals surface area contributed by atoms with Gasteiger partial charge in [0.05, 0.1) is 12.3 Å². The van der Waals surface area contributed by atoms with Gasteiger partial charge in [-0.25, -0.2) is 4.79 Å². The van der Waals surface area contributed by atoms with Gasteiger partial charge < -0.3 is 9.64 Å². The van der Waals surface area contributed by atoms with Crippen molar-refractivity contribution < 1.29 is 9.53 Å². The van der Waals surface area contributed by atoms with Gasteiger partial charge in [0.25, 0.3) is 0 Å². The molecule has 0 unspecified atom stereocenters. The van der Waals surface area contributed by atoms with Crippen molar-refractivity contribution in [1.29, 1.82) is 5.26 Å². The highest BCUT2D eigenvalue weighted by Gasteiger charge is 2.19. The summed E-state index contributed by atoms with van der Waals surface area (Å²) in [4.78, 5) is 13.8. The number of hydrazone groups is 1. The van der Waals surface area contributed by atoms with Gasteiger partial charge in [-0.3, -0.25) is 5.43 Å². The molecule has 2 aliphatic heterocycles. The third-order valence-electron chi connectivity index (χ3n) is 3.23. The lowest BCUT2D eigenvalue weighted by Crippen LogP contribution is -2.37. The lowest BCUT2D eigenvalue weighted by atomic mass is 10.1. The molecule has 0 aromatic carbocycles. The third-order valence-corrected chi connectivity index (χ3v) is 3.23. The Kier molecular flexibility index (Phi) is 4.77. The number of nitriles is 1. The fourth-order valence-corrected chi connectivity index (χ4v) is 2.21. The van der Waals surface area contributed by atoms with Gasteiger partial charge in [0.2, 0.25) is 0 Å². The van der Waals surface area contributed by atoms with Crippen LogP contribution in [0.3, 0.4) is 0 Å². The molecule has 6 nitrogen and oxygen atoms in total. The van der Waals surface area contributed by atoms with E-state index in [9.17, 15) is 4.79 Å². The van der Waals surface area contributed by atoms with Crippen molar-refractivity contribution in [3.8, 4) is 6.07 Å². The summed E-state index contributed by atoms with van der Waals surface area (Å²) in [6.45, 7) is 3.93. The number of piperidine rings is 1. The zero-order chi connectivity index (χ0) is 14.4. The molecule has 0 spiro atoms. The number of hydrogen-bond acceptors (Lipinski definition) is 6. The van der Waals surface area contributed by atoms with Crippen molar-refractivity contribution in [3.63, 3.8) is 0 Å². The topological polar surface area (TPSA) is 77.7 Å². The van der Waals surface area contributed by atoms with Crippen molar-refractivity contribution in [3.05, 3.63) is 23.4 Å². The first-order chi connectivity index (χ1) is 9.76. The smallest absolute Gasteiger partial charge is 0.351 e. The van der Waals surface area contributed by atoms with Crippen LogP contribution in [0.5, 0.6) is 0 Å². The Labute approximate surface area is 118 Å².